The Balaban J connectivity index is 1.75. The second-order valence-corrected chi connectivity index (χ2v) is 7.97. The lowest BCUT2D eigenvalue weighted by molar-refractivity contribution is 0.101. The molecule has 116 valence electrons. The quantitative estimate of drug-likeness (QED) is 0.743. The molecular weight excluding hydrogens is 371 g/mol. The fraction of sp³-hybridized carbons (Fsp3) is 0.667. The third kappa shape index (κ3) is 3.62. The molecule has 3 unspecified atom stereocenters. The standard InChI is InChI=1S/C18H27IN2/c1-3-10-21(13(2)14-4-6-15(19)7-5-14)18-11-16-8-9-17(12-18)20-16/h4-7,13,16-18,20H,3,8-12H2,1-2H3. The van der Waals surface area contributed by atoms with Gasteiger partial charge in [0.15, 0.2) is 0 Å². The molecule has 2 bridgehead atoms. The van der Waals surface area contributed by atoms with Crippen molar-refractivity contribution < 1.29 is 0 Å². The number of fused-ring (bicyclic) bond motifs is 2. The molecule has 2 heterocycles. The Morgan fingerprint density at radius 3 is 2.38 bits per heavy atom. The van der Waals surface area contributed by atoms with Crippen molar-refractivity contribution in [1.82, 2.24) is 10.2 Å². The summed E-state index contributed by atoms with van der Waals surface area (Å²) >= 11 is 2.39. The highest BCUT2D eigenvalue weighted by Crippen LogP contribution is 2.34. The summed E-state index contributed by atoms with van der Waals surface area (Å²) in [6, 6.07) is 11.9. The van der Waals surface area contributed by atoms with Crippen molar-refractivity contribution in [3.8, 4) is 0 Å². The van der Waals surface area contributed by atoms with Crippen LogP contribution >= 0.6 is 22.6 Å². The molecule has 0 amide bonds. The number of piperidine rings is 1. The molecule has 0 saturated carbocycles. The molecular formula is C18H27IN2. The van der Waals surface area contributed by atoms with Gasteiger partial charge in [-0.1, -0.05) is 19.1 Å². The van der Waals surface area contributed by atoms with Gasteiger partial charge in [0, 0.05) is 27.7 Å². The summed E-state index contributed by atoms with van der Waals surface area (Å²) in [5.41, 5.74) is 1.47. The highest BCUT2D eigenvalue weighted by molar-refractivity contribution is 14.1. The van der Waals surface area contributed by atoms with Gasteiger partial charge in [0.1, 0.15) is 0 Å². The van der Waals surface area contributed by atoms with Crippen molar-refractivity contribution in [2.75, 3.05) is 6.54 Å². The third-order valence-electron chi connectivity index (χ3n) is 5.25. The highest BCUT2D eigenvalue weighted by atomic mass is 127. The maximum Gasteiger partial charge on any atom is 0.0322 e. The number of nitrogens with one attached hydrogen (secondary N) is 1. The van der Waals surface area contributed by atoms with E-state index in [1.54, 1.807) is 0 Å². The monoisotopic (exact) mass is 398 g/mol. The minimum atomic E-state index is 0.532. The lowest BCUT2D eigenvalue weighted by Gasteiger charge is -2.41. The summed E-state index contributed by atoms with van der Waals surface area (Å²) in [5, 5.41) is 3.78. The highest BCUT2D eigenvalue weighted by Gasteiger charge is 2.37. The van der Waals surface area contributed by atoms with Crippen molar-refractivity contribution in [2.45, 2.75) is 70.1 Å². The first-order valence-electron chi connectivity index (χ1n) is 8.44. The van der Waals surface area contributed by atoms with Gasteiger partial charge in [0.2, 0.25) is 0 Å². The predicted molar refractivity (Wildman–Crippen MR) is 97.5 cm³/mol. The van der Waals surface area contributed by atoms with Gasteiger partial charge < -0.3 is 5.32 Å². The van der Waals surface area contributed by atoms with Crippen LogP contribution in [-0.2, 0) is 0 Å². The van der Waals surface area contributed by atoms with E-state index in [9.17, 15) is 0 Å². The van der Waals surface area contributed by atoms with E-state index in [2.05, 4.69) is 70.9 Å². The molecule has 0 spiro atoms. The first-order chi connectivity index (χ1) is 10.2. The summed E-state index contributed by atoms with van der Waals surface area (Å²) in [4.78, 5) is 2.77. The van der Waals surface area contributed by atoms with E-state index in [0.29, 0.717) is 6.04 Å². The Morgan fingerprint density at radius 1 is 1.19 bits per heavy atom. The van der Waals surface area contributed by atoms with Crippen LogP contribution in [0.25, 0.3) is 0 Å². The molecule has 1 aromatic carbocycles. The fourth-order valence-corrected chi connectivity index (χ4v) is 4.54. The molecule has 1 N–H and O–H groups in total. The van der Waals surface area contributed by atoms with Gasteiger partial charge in [-0.25, -0.2) is 0 Å². The summed E-state index contributed by atoms with van der Waals surface area (Å²) in [5.74, 6) is 0. The van der Waals surface area contributed by atoms with Gasteiger partial charge in [-0.15, -0.1) is 0 Å². The van der Waals surface area contributed by atoms with Gasteiger partial charge >= 0.3 is 0 Å². The molecule has 3 heteroatoms. The largest absolute Gasteiger partial charge is 0.311 e. The van der Waals surface area contributed by atoms with Crippen LogP contribution in [0.3, 0.4) is 0 Å². The normalized spacial score (nSPS) is 29.8. The second kappa shape index (κ2) is 6.97. The number of benzene rings is 1. The number of hydrogen-bond donors (Lipinski definition) is 1. The first-order valence-corrected chi connectivity index (χ1v) is 9.52. The van der Waals surface area contributed by atoms with Gasteiger partial charge in [-0.3, -0.25) is 4.90 Å². The van der Waals surface area contributed by atoms with Crippen LogP contribution in [0.1, 0.15) is 57.6 Å². The Kier molecular flexibility index (Phi) is 5.23. The lowest BCUT2D eigenvalue weighted by atomic mass is 9.95. The van der Waals surface area contributed by atoms with Crippen LogP contribution in [0.4, 0.5) is 0 Å². The zero-order chi connectivity index (χ0) is 14.8. The molecule has 2 aliphatic rings. The van der Waals surface area contributed by atoms with Crippen molar-refractivity contribution in [2.24, 2.45) is 0 Å². The summed E-state index contributed by atoms with van der Waals surface area (Å²) in [6.07, 6.45) is 6.70. The fourth-order valence-electron chi connectivity index (χ4n) is 4.18. The van der Waals surface area contributed by atoms with Gasteiger partial charge in [-0.2, -0.15) is 0 Å². The van der Waals surface area contributed by atoms with Gasteiger partial charge in [0.05, 0.1) is 0 Å². The first kappa shape index (κ1) is 15.8. The molecule has 0 aromatic heterocycles. The minimum absolute atomic E-state index is 0.532. The van der Waals surface area contributed by atoms with Gasteiger partial charge in [0.25, 0.3) is 0 Å². The summed E-state index contributed by atoms with van der Waals surface area (Å²) in [7, 11) is 0. The zero-order valence-electron chi connectivity index (χ0n) is 13.2. The molecule has 3 atom stereocenters. The molecule has 3 rings (SSSR count). The molecule has 0 radical (unpaired) electrons. The van der Waals surface area contributed by atoms with E-state index < -0.39 is 0 Å². The topological polar surface area (TPSA) is 15.3 Å². The van der Waals surface area contributed by atoms with Crippen LogP contribution in [0.5, 0.6) is 0 Å². The number of nitrogens with zero attached hydrogens (tertiary/aromatic N) is 1. The maximum atomic E-state index is 3.78. The van der Waals surface area contributed by atoms with E-state index >= 15 is 0 Å². The average molecular weight is 398 g/mol. The predicted octanol–water partition coefficient (Wildman–Crippen LogP) is 4.35. The second-order valence-electron chi connectivity index (χ2n) is 6.73. The zero-order valence-corrected chi connectivity index (χ0v) is 15.3. The number of halogens is 1. The van der Waals surface area contributed by atoms with E-state index in [1.807, 2.05) is 0 Å². The van der Waals surface area contributed by atoms with Crippen LogP contribution in [-0.4, -0.2) is 29.6 Å². The molecule has 1 aromatic rings. The smallest absolute Gasteiger partial charge is 0.0322 e. The lowest BCUT2D eigenvalue weighted by Crippen LogP contribution is -2.49. The van der Waals surface area contributed by atoms with Crippen molar-refractivity contribution >= 4 is 22.6 Å². The summed E-state index contributed by atoms with van der Waals surface area (Å²) < 4.78 is 1.32. The molecule has 2 saturated heterocycles. The molecule has 2 nitrogen and oxygen atoms in total. The van der Waals surface area contributed by atoms with E-state index in [4.69, 9.17) is 0 Å². The number of rotatable bonds is 5. The summed E-state index contributed by atoms with van der Waals surface area (Å²) in [6.45, 7) is 5.92. The third-order valence-corrected chi connectivity index (χ3v) is 5.97. The van der Waals surface area contributed by atoms with Crippen molar-refractivity contribution in [3.05, 3.63) is 33.4 Å². The van der Waals surface area contributed by atoms with Crippen molar-refractivity contribution in [3.63, 3.8) is 0 Å². The Morgan fingerprint density at radius 2 is 1.81 bits per heavy atom. The maximum absolute atomic E-state index is 3.78. The number of hydrogen-bond acceptors (Lipinski definition) is 2. The average Bonchev–Trinajstić information content (AvgIpc) is 2.83. The van der Waals surface area contributed by atoms with Crippen LogP contribution in [0.15, 0.2) is 24.3 Å². The van der Waals surface area contributed by atoms with E-state index in [1.165, 1.54) is 47.8 Å². The van der Waals surface area contributed by atoms with Crippen LogP contribution in [0, 0.1) is 3.57 Å². The molecule has 2 aliphatic heterocycles. The van der Waals surface area contributed by atoms with E-state index in [-0.39, 0.29) is 0 Å². The minimum Gasteiger partial charge on any atom is -0.311 e. The molecule has 0 aliphatic carbocycles. The van der Waals surface area contributed by atoms with Crippen molar-refractivity contribution in [1.29, 1.82) is 0 Å². The van der Waals surface area contributed by atoms with Gasteiger partial charge in [-0.05, 0) is 85.9 Å². The SMILES string of the molecule is CCCN(C1CC2CCC(C1)N2)C(C)c1ccc(I)cc1. The van der Waals surface area contributed by atoms with E-state index in [0.717, 1.165) is 18.1 Å². The molecule has 2 fully saturated rings. The molecule has 21 heavy (non-hydrogen) atoms. The Bertz CT molecular complexity index is 447. The Labute approximate surface area is 142 Å². The Hall–Kier alpha value is -0.130. The van der Waals surface area contributed by atoms with Crippen LogP contribution < -0.4 is 5.32 Å². The van der Waals surface area contributed by atoms with Crippen LogP contribution in [0.2, 0.25) is 0 Å².